The molecule has 3 N–H and O–H groups in total. The molecule has 3 rings (SSSR count). The summed E-state index contributed by atoms with van der Waals surface area (Å²) in [6.45, 7) is 2.79. The van der Waals surface area contributed by atoms with Crippen LogP contribution in [0.2, 0.25) is 0 Å². The molecule has 8 heteroatoms. The van der Waals surface area contributed by atoms with Crippen molar-refractivity contribution in [1.82, 2.24) is 10.2 Å². The zero-order chi connectivity index (χ0) is 19.4. The van der Waals surface area contributed by atoms with Crippen LogP contribution in [0.25, 0.3) is 0 Å². The standard InChI is InChI=1S/C19H25N3O5/c1-13(23)21-15-5-2-6-16(10-15)27-9-8-20-18(26)22-11-14-4-3-7-19(14,12-22)17(24)25/h2,5-6,10,14H,3-4,7-9,11-12H2,1H3,(H,20,26)(H,21,23)(H,24,25)/t14-,19+/m0/s1. The van der Waals surface area contributed by atoms with Gasteiger partial charge >= 0.3 is 12.0 Å². The minimum atomic E-state index is -0.789. The van der Waals surface area contributed by atoms with Crippen LogP contribution in [0.3, 0.4) is 0 Å². The molecule has 8 nitrogen and oxygen atoms in total. The second-order valence-electron chi connectivity index (χ2n) is 7.22. The Labute approximate surface area is 157 Å². The van der Waals surface area contributed by atoms with Crippen molar-refractivity contribution in [2.45, 2.75) is 26.2 Å². The van der Waals surface area contributed by atoms with E-state index >= 15 is 0 Å². The number of nitrogens with one attached hydrogen (secondary N) is 2. The van der Waals surface area contributed by atoms with Gasteiger partial charge in [0, 0.05) is 31.8 Å². The van der Waals surface area contributed by atoms with Crippen molar-refractivity contribution in [2.24, 2.45) is 11.3 Å². The minimum absolute atomic E-state index is 0.0496. The summed E-state index contributed by atoms with van der Waals surface area (Å²) < 4.78 is 5.60. The number of hydrogen-bond donors (Lipinski definition) is 3. The summed E-state index contributed by atoms with van der Waals surface area (Å²) in [6, 6.07) is 6.76. The van der Waals surface area contributed by atoms with Crippen LogP contribution in [0.15, 0.2) is 24.3 Å². The fraction of sp³-hybridized carbons (Fsp3) is 0.526. The van der Waals surface area contributed by atoms with E-state index in [4.69, 9.17) is 4.74 Å². The van der Waals surface area contributed by atoms with Gasteiger partial charge in [-0.1, -0.05) is 12.5 Å². The number of hydrogen-bond acceptors (Lipinski definition) is 4. The van der Waals surface area contributed by atoms with Gasteiger partial charge in [-0.05, 0) is 30.9 Å². The third-order valence-electron chi connectivity index (χ3n) is 5.39. The van der Waals surface area contributed by atoms with E-state index in [2.05, 4.69) is 10.6 Å². The molecule has 1 saturated heterocycles. The molecular formula is C19H25N3O5. The van der Waals surface area contributed by atoms with E-state index < -0.39 is 11.4 Å². The van der Waals surface area contributed by atoms with Crippen LogP contribution in [0, 0.1) is 11.3 Å². The van der Waals surface area contributed by atoms with Crippen molar-refractivity contribution in [2.75, 3.05) is 31.6 Å². The van der Waals surface area contributed by atoms with Gasteiger partial charge in [0.2, 0.25) is 5.91 Å². The Morgan fingerprint density at radius 3 is 2.89 bits per heavy atom. The third kappa shape index (κ3) is 4.15. The molecule has 1 heterocycles. The van der Waals surface area contributed by atoms with Crippen molar-refractivity contribution >= 4 is 23.6 Å². The lowest BCUT2D eigenvalue weighted by Gasteiger charge is -2.23. The average molecular weight is 375 g/mol. The van der Waals surface area contributed by atoms with Gasteiger partial charge in [0.05, 0.1) is 12.0 Å². The van der Waals surface area contributed by atoms with Gasteiger partial charge in [0.15, 0.2) is 0 Å². The highest BCUT2D eigenvalue weighted by molar-refractivity contribution is 5.88. The number of ether oxygens (including phenoxy) is 1. The number of anilines is 1. The molecule has 1 saturated carbocycles. The van der Waals surface area contributed by atoms with Gasteiger partial charge in [-0.25, -0.2) is 4.79 Å². The molecule has 0 bridgehead atoms. The van der Waals surface area contributed by atoms with Crippen molar-refractivity contribution in [3.63, 3.8) is 0 Å². The maximum atomic E-state index is 12.3. The zero-order valence-corrected chi connectivity index (χ0v) is 15.4. The van der Waals surface area contributed by atoms with Crippen LogP contribution in [0.5, 0.6) is 5.75 Å². The Hall–Kier alpha value is -2.77. The lowest BCUT2D eigenvalue weighted by atomic mass is 9.81. The predicted molar refractivity (Wildman–Crippen MR) is 98.6 cm³/mol. The lowest BCUT2D eigenvalue weighted by molar-refractivity contribution is -0.149. The molecule has 1 aromatic carbocycles. The molecule has 0 unspecified atom stereocenters. The van der Waals surface area contributed by atoms with Crippen molar-refractivity contribution in [3.8, 4) is 5.75 Å². The number of rotatable bonds is 6. The molecule has 0 spiro atoms. The van der Waals surface area contributed by atoms with E-state index in [0.29, 0.717) is 30.9 Å². The monoisotopic (exact) mass is 375 g/mol. The second-order valence-corrected chi connectivity index (χ2v) is 7.22. The number of nitrogens with zero attached hydrogens (tertiary/aromatic N) is 1. The molecule has 1 aliphatic carbocycles. The number of urea groups is 1. The van der Waals surface area contributed by atoms with Gasteiger partial charge in [0.1, 0.15) is 12.4 Å². The molecule has 146 valence electrons. The average Bonchev–Trinajstić information content (AvgIpc) is 3.17. The maximum absolute atomic E-state index is 12.3. The number of carbonyl (C=O) groups is 3. The van der Waals surface area contributed by atoms with E-state index in [0.717, 1.165) is 12.8 Å². The van der Waals surface area contributed by atoms with Gasteiger partial charge in [-0.15, -0.1) is 0 Å². The van der Waals surface area contributed by atoms with Crippen LogP contribution >= 0.6 is 0 Å². The molecule has 27 heavy (non-hydrogen) atoms. The minimum Gasteiger partial charge on any atom is -0.492 e. The zero-order valence-electron chi connectivity index (χ0n) is 15.4. The summed E-state index contributed by atoms with van der Waals surface area (Å²) >= 11 is 0. The number of benzene rings is 1. The van der Waals surface area contributed by atoms with E-state index in [9.17, 15) is 19.5 Å². The van der Waals surface area contributed by atoms with E-state index in [1.807, 2.05) is 0 Å². The van der Waals surface area contributed by atoms with Gasteiger partial charge in [-0.3, -0.25) is 9.59 Å². The Balaban J connectivity index is 1.44. The van der Waals surface area contributed by atoms with Crippen molar-refractivity contribution < 1.29 is 24.2 Å². The number of likely N-dealkylation sites (tertiary alicyclic amines) is 1. The molecule has 1 aromatic rings. The Kier molecular flexibility index (Phi) is 5.53. The fourth-order valence-electron chi connectivity index (χ4n) is 4.10. The first-order valence-electron chi connectivity index (χ1n) is 9.17. The number of fused-ring (bicyclic) bond motifs is 1. The highest BCUT2D eigenvalue weighted by Gasteiger charge is 2.55. The van der Waals surface area contributed by atoms with Crippen LogP contribution in [0.4, 0.5) is 10.5 Å². The number of aliphatic carboxylic acids is 1. The number of carboxylic acids is 1. The highest BCUT2D eigenvalue weighted by Crippen LogP contribution is 2.48. The Morgan fingerprint density at radius 2 is 2.19 bits per heavy atom. The largest absolute Gasteiger partial charge is 0.492 e. The summed E-state index contributed by atoms with van der Waals surface area (Å²) in [4.78, 5) is 36.7. The van der Waals surface area contributed by atoms with Crippen LogP contribution in [-0.2, 0) is 9.59 Å². The van der Waals surface area contributed by atoms with Crippen LogP contribution in [0.1, 0.15) is 26.2 Å². The molecule has 0 aromatic heterocycles. The number of carbonyl (C=O) groups excluding carboxylic acids is 2. The summed E-state index contributed by atoms with van der Waals surface area (Å²) in [5.41, 5.74) is -0.121. The molecule has 2 aliphatic rings. The maximum Gasteiger partial charge on any atom is 0.317 e. The predicted octanol–water partition coefficient (Wildman–Crippen LogP) is 1.92. The molecule has 1 aliphatic heterocycles. The lowest BCUT2D eigenvalue weighted by Crippen LogP contribution is -2.42. The number of amides is 3. The van der Waals surface area contributed by atoms with Crippen molar-refractivity contribution in [1.29, 1.82) is 0 Å². The first kappa shape index (κ1) is 19.0. The first-order valence-corrected chi connectivity index (χ1v) is 9.17. The summed E-state index contributed by atoms with van der Waals surface area (Å²) in [5.74, 6) is -0.304. The summed E-state index contributed by atoms with van der Waals surface area (Å²) in [6.07, 6.45) is 2.42. The summed E-state index contributed by atoms with van der Waals surface area (Å²) in [5, 5.41) is 15.1. The third-order valence-corrected chi connectivity index (χ3v) is 5.39. The second kappa shape index (κ2) is 7.85. The molecule has 3 amide bonds. The van der Waals surface area contributed by atoms with Crippen LogP contribution in [-0.4, -0.2) is 54.2 Å². The molecule has 2 fully saturated rings. The Bertz CT molecular complexity index is 738. The molecular weight excluding hydrogens is 350 g/mol. The smallest absolute Gasteiger partial charge is 0.317 e. The van der Waals surface area contributed by atoms with E-state index in [1.165, 1.54) is 6.92 Å². The summed E-state index contributed by atoms with van der Waals surface area (Å²) in [7, 11) is 0. The first-order chi connectivity index (χ1) is 12.9. The highest BCUT2D eigenvalue weighted by atomic mass is 16.5. The van der Waals surface area contributed by atoms with E-state index in [1.54, 1.807) is 29.2 Å². The number of carboxylic acid groups (broad SMARTS) is 1. The van der Waals surface area contributed by atoms with Gasteiger partial charge in [0.25, 0.3) is 0 Å². The Morgan fingerprint density at radius 1 is 1.37 bits per heavy atom. The normalized spacial score (nSPS) is 23.6. The molecule has 0 radical (unpaired) electrons. The van der Waals surface area contributed by atoms with Crippen molar-refractivity contribution in [3.05, 3.63) is 24.3 Å². The quantitative estimate of drug-likeness (QED) is 0.659. The SMILES string of the molecule is CC(=O)Nc1cccc(OCCNC(=O)N2C[C@@H]3CCC[C@@]3(C(=O)O)C2)c1. The van der Waals surface area contributed by atoms with Crippen LogP contribution < -0.4 is 15.4 Å². The molecule has 2 atom stereocenters. The topological polar surface area (TPSA) is 108 Å². The fourth-order valence-corrected chi connectivity index (χ4v) is 4.10. The van der Waals surface area contributed by atoms with Gasteiger partial charge < -0.3 is 25.4 Å². The van der Waals surface area contributed by atoms with E-state index in [-0.39, 0.29) is 31.0 Å². The van der Waals surface area contributed by atoms with Gasteiger partial charge in [-0.2, -0.15) is 0 Å².